The van der Waals surface area contributed by atoms with E-state index in [1.165, 1.54) is 0 Å². The highest BCUT2D eigenvalue weighted by molar-refractivity contribution is 14.0. The molecular weight excluding hydrogens is 453 g/mol. The molecule has 6 nitrogen and oxygen atoms in total. The zero-order valence-electron chi connectivity index (χ0n) is 14.7. The highest BCUT2D eigenvalue weighted by Gasteiger charge is 2.17. The molecule has 2 N–H and O–H groups in total. The fraction of sp³-hybridized carbons (Fsp3) is 0.412. The Labute approximate surface area is 171 Å². The third kappa shape index (κ3) is 7.21. The standard InChI is InChI=1S/C17H24ClN5O.HI/c1-19-17(20-9-8-13-6-7-16(18)21-11-13)22-12-14(23(2)3)15-5-4-10-24-15;/h4-7,10-11,14H,8-9,12H2,1-3H3,(H2,19,20,22);1H. The summed E-state index contributed by atoms with van der Waals surface area (Å²) in [5.74, 6) is 1.69. The van der Waals surface area contributed by atoms with Gasteiger partial charge in [-0.05, 0) is 44.3 Å². The fourth-order valence-corrected chi connectivity index (χ4v) is 2.42. The molecule has 25 heavy (non-hydrogen) atoms. The zero-order valence-corrected chi connectivity index (χ0v) is 17.8. The van der Waals surface area contributed by atoms with Gasteiger partial charge in [0.25, 0.3) is 0 Å². The molecule has 1 unspecified atom stereocenters. The van der Waals surface area contributed by atoms with Crippen LogP contribution < -0.4 is 10.6 Å². The lowest BCUT2D eigenvalue weighted by Crippen LogP contribution is -2.42. The summed E-state index contributed by atoms with van der Waals surface area (Å²) in [6.07, 6.45) is 4.33. The summed E-state index contributed by atoms with van der Waals surface area (Å²) in [6.45, 7) is 1.46. The van der Waals surface area contributed by atoms with Crippen molar-refractivity contribution in [3.05, 3.63) is 53.2 Å². The van der Waals surface area contributed by atoms with Gasteiger partial charge in [0.1, 0.15) is 10.9 Å². The van der Waals surface area contributed by atoms with E-state index < -0.39 is 0 Å². The van der Waals surface area contributed by atoms with Crippen molar-refractivity contribution in [3.63, 3.8) is 0 Å². The topological polar surface area (TPSA) is 65.7 Å². The molecule has 2 aromatic rings. The molecule has 0 aliphatic heterocycles. The van der Waals surface area contributed by atoms with Gasteiger partial charge in [0, 0.05) is 26.3 Å². The average molecular weight is 478 g/mol. The minimum Gasteiger partial charge on any atom is -0.468 e. The summed E-state index contributed by atoms with van der Waals surface area (Å²) >= 11 is 5.79. The van der Waals surface area contributed by atoms with Crippen LogP contribution in [0, 0.1) is 0 Å². The van der Waals surface area contributed by atoms with E-state index in [9.17, 15) is 0 Å². The predicted octanol–water partition coefficient (Wildman–Crippen LogP) is 2.96. The molecule has 0 aliphatic rings. The number of guanidine groups is 1. The Kier molecular flexibility index (Phi) is 9.84. The minimum absolute atomic E-state index is 0. The van der Waals surface area contributed by atoms with Crippen LogP contribution >= 0.6 is 35.6 Å². The molecule has 2 heterocycles. The molecule has 138 valence electrons. The second-order valence-electron chi connectivity index (χ2n) is 5.61. The smallest absolute Gasteiger partial charge is 0.191 e. The number of pyridine rings is 1. The number of hydrogen-bond donors (Lipinski definition) is 2. The molecule has 0 amide bonds. The monoisotopic (exact) mass is 477 g/mol. The maximum absolute atomic E-state index is 5.79. The van der Waals surface area contributed by atoms with Crippen LogP contribution in [0.25, 0.3) is 0 Å². The molecule has 0 bridgehead atoms. The Balaban J connectivity index is 0.00000312. The molecule has 0 aromatic carbocycles. The lowest BCUT2D eigenvalue weighted by atomic mass is 10.2. The Bertz CT molecular complexity index is 631. The number of nitrogens with zero attached hydrogens (tertiary/aromatic N) is 3. The Hall–Kier alpha value is -1.32. The van der Waals surface area contributed by atoms with Gasteiger partial charge in [0.2, 0.25) is 0 Å². The molecule has 1 atom stereocenters. The largest absolute Gasteiger partial charge is 0.468 e. The Morgan fingerprint density at radius 1 is 1.32 bits per heavy atom. The van der Waals surface area contributed by atoms with Gasteiger partial charge in [0.05, 0.1) is 12.3 Å². The van der Waals surface area contributed by atoms with E-state index in [-0.39, 0.29) is 30.0 Å². The average Bonchev–Trinajstić information content (AvgIpc) is 3.09. The third-order valence-corrected chi connectivity index (χ3v) is 3.90. The molecule has 0 spiro atoms. The van der Waals surface area contributed by atoms with Crippen LogP contribution in [0.3, 0.4) is 0 Å². The second kappa shape index (κ2) is 11.3. The molecule has 0 saturated carbocycles. The van der Waals surface area contributed by atoms with Crippen molar-refractivity contribution in [1.82, 2.24) is 20.5 Å². The van der Waals surface area contributed by atoms with Crippen molar-refractivity contribution in [2.45, 2.75) is 12.5 Å². The Morgan fingerprint density at radius 2 is 2.12 bits per heavy atom. The summed E-state index contributed by atoms with van der Waals surface area (Å²) < 4.78 is 5.51. The van der Waals surface area contributed by atoms with Crippen LogP contribution in [0.2, 0.25) is 5.15 Å². The predicted molar refractivity (Wildman–Crippen MR) is 113 cm³/mol. The molecule has 0 fully saturated rings. The highest BCUT2D eigenvalue weighted by Crippen LogP contribution is 2.17. The lowest BCUT2D eigenvalue weighted by molar-refractivity contribution is 0.258. The minimum atomic E-state index is 0. The molecule has 2 aromatic heterocycles. The van der Waals surface area contributed by atoms with Crippen LogP contribution in [-0.4, -0.2) is 50.1 Å². The van der Waals surface area contributed by atoms with E-state index in [1.54, 1.807) is 25.6 Å². The first-order chi connectivity index (χ1) is 11.6. The quantitative estimate of drug-likeness (QED) is 0.278. The second-order valence-corrected chi connectivity index (χ2v) is 6.00. The molecule has 0 saturated heterocycles. The van der Waals surface area contributed by atoms with Gasteiger partial charge in [-0.15, -0.1) is 24.0 Å². The molecule has 2 rings (SSSR count). The first kappa shape index (κ1) is 21.7. The van der Waals surface area contributed by atoms with Crippen molar-refractivity contribution in [1.29, 1.82) is 0 Å². The summed E-state index contributed by atoms with van der Waals surface area (Å²) in [5, 5.41) is 7.15. The van der Waals surface area contributed by atoms with Crippen LogP contribution in [0.5, 0.6) is 0 Å². The molecule has 8 heteroatoms. The van der Waals surface area contributed by atoms with Gasteiger partial charge < -0.3 is 15.1 Å². The highest BCUT2D eigenvalue weighted by atomic mass is 127. The van der Waals surface area contributed by atoms with Crippen LogP contribution in [-0.2, 0) is 6.42 Å². The summed E-state index contributed by atoms with van der Waals surface area (Å²) in [4.78, 5) is 10.4. The number of aromatic nitrogens is 1. The van der Waals surface area contributed by atoms with Crippen LogP contribution in [0.4, 0.5) is 0 Å². The van der Waals surface area contributed by atoms with Gasteiger partial charge >= 0.3 is 0 Å². The molecule has 0 radical (unpaired) electrons. The van der Waals surface area contributed by atoms with E-state index in [1.807, 2.05) is 32.3 Å². The SMILES string of the molecule is CN=C(NCCc1ccc(Cl)nc1)NCC(c1ccco1)N(C)C.I. The number of rotatable bonds is 7. The van der Waals surface area contributed by atoms with E-state index >= 15 is 0 Å². The number of furan rings is 1. The van der Waals surface area contributed by atoms with Gasteiger partial charge in [-0.1, -0.05) is 17.7 Å². The zero-order chi connectivity index (χ0) is 17.4. The van der Waals surface area contributed by atoms with Crippen molar-refractivity contribution in [2.75, 3.05) is 34.2 Å². The first-order valence-corrected chi connectivity index (χ1v) is 8.22. The lowest BCUT2D eigenvalue weighted by Gasteiger charge is -2.23. The van der Waals surface area contributed by atoms with Crippen molar-refractivity contribution >= 4 is 41.5 Å². The van der Waals surface area contributed by atoms with Gasteiger partial charge in [-0.25, -0.2) is 4.98 Å². The number of aliphatic imine (C=N–C) groups is 1. The van der Waals surface area contributed by atoms with E-state index in [0.717, 1.165) is 30.2 Å². The van der Waals surface area contributed by atoms with Crippen LogP contribution in [0.15, 0.2) is 46.1 Å². The maximum atomic E-state index is 5.79. The normalized spacial score (nSPS) is 12.6. The van der Waals surface area contributed by atoms with Gasteiger partial charge in [0.15, 0.2) is 5.96 Å². The van der Waals surface area contributed by atoms with E-state index in [4.69, 9.17) is 16.0 Å². The Morgan fingerprint density at radius 3 is 2.68 bits per heavy atom. The summed E-state index contributed by atoms with van der Waals surface area (Å²) in [5.41, 5.74) is 1.13. The number of likely N-dealkylation sites (N-methyl/N-ethyl adjacent to an activating group) is 1. The van der Waals surface area contributed by atoms with Crippen molar-refractivity contribution in [3.8, 4) is 0 Å². The van der Waals surface area contributed by atoms with Crippen LogP contribution in [0.1, 0.15) is 17.4 Å². The summed E-state index contributed by atoms with van der Waals surface area (Å²) in [6, 6.07) is 7.80. The summed E-state index contributed by atoms with van der Waals surface area (Å²) in [7, 11) is 5.81. The number of nitrogens with one attached hydrogen (secondary N) is 2. The first-order valence-electron chi connectivity index (χ1n) is 7.85. The third-order valence-electron chi connectivity index (χ3n) is 3.68. The molecular formula is C17H25ClIN5O. The van der Waals surface area contributed by atoms with E-state index in [2.05, 4.69) is 25.5 Å². The maximum Gasteiger partial charge on any atom is 0.191 e. The molecule has 0 aliphatic carbocycles. The van der Waals surface area contributed by atoms with Gasteiger partial charge in [-0.2, -0.15) is 0 Å². The number of hydrogen-bond acceptors (Lipinski definition) is 4. The number of halogens is 2. The van der Waals surface area contributed by atoms with Gasteiger partial charge in [-0.3, -0.25) is 9.89 Å². The van der Waals surface area contributed by atoms with E-state index in [0.29, 0.717) is 11.7 Å². The van der Waals surface area contributed by atoms with Crippen molar-refractivity contribution < 1.29 is 4.42 Å². The fourth-order valence-electron chi connectivity index (χ4n) is 2.31. The van der Waals surface area contributed by atoms with Crippen molar-refractivity contribution in [2.24, 2.45) is 4.99 Å².